The second-order valence-electron chi connectivity index (χ2n) is 9.84. The van der Waals surface area contributed by atoms with Crippen molar-refractivity contribution in [1.29, 1.82) is 0 Å². The van der Waals surface area contributed by atoms with Crippen molar-refractivity contribution in [2.45, 2.75) is 50.8 Å². The molecule has 1 heterocycles. The molecule has 4 aromatic rings. The number of aromatic carboxylic acids is 1. The van der Waals surface area contributed by atoms with E-state index < -0.39 is 16.0 Å². The molecule has 0 saturated heterocycles. The predicted octanol–water partition coefficient (Wildman–Crippen LogP) is 6.41. The summed E-state index contributed by atoms with van der Waals surface area (Å²) in [6.45, 7) is 10.1. The first-order valence-electron chi connectivity index (χ1n) is 11.3. The normalized spacial score (nSPS) is 12.3. The average molecular weight is 493 g/mol. The summed E-state index contributed by atoms with van der Waals surface area (Å²) < 4.78 is 34.4. The zero-order chi connectivity index (χ0) is 25.5. The van der Waals surface area contributed by atoms with Gasteiger partial charge in [0.15, 0.2) is 5.58 Å². The van der Waals surface area contributed by atoms with Gasteiger partial charge in [0.2, 0.25) is 5.89 Å². The number of fused-ring (bicyclic) bond motifs is 1. The van der Waals surface area contributed by atoms with Gasteiger partial charge in [-0.05, 0) is 64.9 Å². The second-order valence-corrected chi connectivity index (χ2v) is 11.5. The van der Waals surface area contributed by atoms with E-state index in [1.54, 1.807) is 24.3 Å². The topological polar surface area (TPSA) is 110 Å². The monoisotopic (exact) mass is 492 g/mol. The fraction of sp³-hybridized carbons (Fsp3) is 0.259. The Hall–Kier alpha value is -3.65. The molecular weight excluding hydrogens is 464 g/mol. The van der Waals surface area contributed by atoms with Gasteiger partial charge in [0, 0.05) is 5.56 Å². The number of carbonyl (C=O) groups is 1. The van der Waals surface area contributed by atoms with Crippen LogP contribution in [-0.2, 0) is 15.4 Å². The van der Waals surface area contributed by atoms with E-state index >= 15 is 0 Å². The van der Waals surface area contributed by atoms with Crippen molar-refractivity contribution in [3.63, 3.8) is 0 Å². The molecule has 8 heteroatoms. The fourth-order valence-corrected chi connectivity index (χ4v) is 4.91. The molecule has 0 aliphatic heterocycles. The van der Waals surface area contributed by atoms with Gasteiger partial charge in [0.05, 0.1) is 16.1 Å². The molecule has 0 aliphatic rings. The number of hydrogen-bond donors (Lipinski definition) is 2. The summed E-state index contributed by atoms with van der Waals surface area (Å²) in [4.78, 5) is 16.1. The Morgan fingerprint density at radius 3 is 2.29 bits per heavy atom. The number of oxazole rings is 1. The number of carboxylic acids is 1. The van der Waals surface area contributed by atoms with Gasteiger partial charge in [-0.2, -0.15) is 0 Å². The number of nitrogens with zero attached hydrogens (tertiary/aromatic N) is 1. The molecule has 0 fully saturated rings. The van der Waals surface area contributed by atoms with Gasteiger partial charge in [0.1, 0.15) is 5.52 Å². The summed E-state index contributed by atoms with van der Waals surface area (Å²) >= 11 is 0. The zero-order valence-electron chi connectivity index (χ0n) is 20.3. The van der Waals surface area contributed by atoms with Crippen LogP contribution < -0.4 is 4.72 Å². The molecule has 7 nitrogen and oxygen atoms in total. The maximum atomic E-state index is 13.0. The molecule has 0 atom stereocenters. The molecule has 1 aromatic heterocycles. The van der Waals surface area contributed by atoms with E-state index in [1.165, 1.54) is 17.7 Å². The van der Waals surface area contributed by atoms with Gasteiger partial charge in [-0.25, -0.2) is 18.2 Å². The number of benzene rings is 3. The molecule has 0 radical (unpaired) electrons. The van der Waals surface area contributed by atoms with Crippen LogP contribution >= 0.6 is 0 Å². The Balaban J connectivity index is 1.63. The number of anilines is 1. The minimum absolute atomic E-state index is 0.0306. The van der Waals surface area contributed by atoms with Crippen molar-refractivity contribution in [2.24, 2.45) is 0 Å². The first kappa shape index (κ1) is 24.5. The second kappa shape index (κ2) is 8.85. The summed E-state index contributed by atoms with van der Waals surface area (Å²) in [5.41, 5.74) is 3.92. The highest BCUT2D eigenvalue weighted by Gasteiger charge is 2.21. The minimum Gasteiger partial charge on any atom is -0.478 e. The van der Waals surface area contributed by atoms with Crippen molar-refractivity contribution < 1.29 is 22.7 Å². The third kappa shape index (κ3) is 5.07. The summed E-state index contributed by atoms with van der Waals surface area (Å²) in [6.07, 6.45) is 0. The number of hydrogen-bond acceptors (Lipinski definition) is 5. The van der Waals surface area contributed by atoms with Gasteiger partial charge in [-0.15, -0.1) is 0 Å². The summed E-state index contributed by atoms with van der Waals surface area (Å²) in [6, 6.07) is 17.0. The predicted molar refractivity (Wildman–Crippen MR) is 136 cm³/mol. The van der Waals surface area contributed by atoms with Gasteiger partial charge in [0.25, 0.3) is 10.0 Å². The van der Waals surface area contributed by atoms with Gasteiger partial charge in [-0.1, -0.05) is 52.8 Å². The molecule has 182 valence electrons. The van der Waals surface area contributed by atoms with E-state index in [9.17, 15) is 18.3 Å². The molecule has 0 unspecified atom stereocenters. The molecule has 4 rings (SSSR count). The smallest absolute Gasteiger partial charge is 0.336 e. The lowest BCUT2D eigenvalue weighted by atomic mass is 9.87. The number of aromatic nitrogens is 1. The molecule has 0 aliphatic carbocycles. The van der Waals surface area contributed by atoms with E-state index in [-0.39, 0.29) is 21.8 Å². The van der Waals surface area contributed by atoms with Crippen molar-refractivity contribution in [3.8, 4) is 11.5 Å². The van der Waals surface area contributed by atoms with Crippen LogP contribution in [0.5, 0.6) is 0 Å². The van der Waals surface area contributed by atoms with Crippen LogP contribution in [0.25, 0.3) is 22.6 Å². The van der Waals surface area contributed by atoms with Crippen molar-refractivity contribution in [1.82, 2.24) is 4.98 Å². The van der Waals surface area contributed by atoms with Gasteiger partial charge < -0.3 is 9.52 Å². The lowest BCUT2D eigenvalue weighted by molar-refractivity contribution is 0.0695. The van der Waals surface area contributed by atoms with E-state index in [4.69, 9.17) is 4.42 Å². The first-order chi connectivity index (χ1) is 16.3. The lowest BCUT2D eigenvalue weighted by Gasteiger charge is -2.18. The Morgan fingerprint density at radius 2 is 1.69 bits per heavy atom. The molecule has 3 aromatic carbocycles. The lowest BCUT2D eigenvalue weighted by Crippen LogP contribution is -2.15. The highest BCUT2D eigenvalue weighted by Crippen LogP contribution is 2.30. The van der Waals surface area contributed by atoms with E-state index in [2.05, 4.69) is 30.5 Å². The zero-order valence-corrected chi connectivity index (χ0v) is 21.1. The third-order valence-corrected chi connectivity index (χ3v) is 7.20. The van der Waals surface area contributed by atoms with Crippen LogP contribution in [0, 0.1) is 0 Å². The van der Waals surface area contributed by atoms with Crippen LogP contribution in [0.4, 0.5) is 5.69 Å². The highest BCUT2D eigenvalue weighted by atomic mass is 32.2. The van der Waals surface area contributed by atoms with Crippen LogP contribution in [0.3, 0.4) is 0 Å². The van der Waals surface area contributed by atoms with E-state index in [0.29, 0.717) is 28.2 Å². The maximum Gasteiger partial charge on any atom is 0.336 e. The number of carboxylic acid groups (broad SMARTS) is 1. The van der Waals surface area contributed by atoms with Gasteiger partial charge in [-0.3, -0.25) is 4.72 Å². The summed E-state index contributed by atoms with van der Waals surface area (Å²) in [7, 11) is -4.02. The van der Waals surface area contributed by atoms with Gasteiger partial charge >= 0.3 is 5.97 Å². The van der Waals surface area contributed by atoms with E-state index in [0.717, 1.165) is 5.56 Å². The molecule has 0 bridgehead atoms. The van der Waals surface area contributed by atoms with E-state index in [1.807, 2.05) is 38.1 Å². The molecule has 0 spiro atoms. The van der Waals surface area contributed by atoms with Crippen molar-refractivity contribution in [2.75, 3.05) is 4.72 Å². The Labute approximate surface area is 204 Å². The highest BCUT2D eigenvalue weighted by molar-refractivity contribution is 7.92. The van der Waals surface area contributed by atoms with Crippen LogP contribution in [0.2, 0.25) is 0 Å². The molecule has 0 amide bonds. The quantitative estimate of drug-likeness (QED) is 0.322. The molecule has 35 heavy (non-hydrogen) atoms. The SMILES string of the molecule is CC(C)c1ccc(S(=O)(=O)Nc2ccc3oc(-c4ccc(C(C)(C)C)cc4)nc3c2)cc1C(=O)O. The largest absolute Gasteiger partial charge is 0.478 e. The van der Waals surface area contributed by atoms with Crippen molar-refractivity contribution in [3.05, 3.63) is 77.4 Å². The van der Waals surface area contributed by atoms with Crippen LogP contribution in [0.15, 0.2) is 70.0 Å². The third-order valence-electron chi connectivity index (χ3n) is 5.83. The minimum atomic E-state index is -4.02. The Kier molecular flexibility index (Phi) is 6.19. The first-order valence-corrected chi connectivity index (χ1v) is 12.7. The number of rotatable bonds is 6. The number of sulfonamides is 1. The molecule has 2 N–H and O–H groups in total. The fourth-order valence-electron chi connectivity index (χ4n) is 3.83. The number of nitrogens with one attached hydrogen (secondary N) is 1. The van der Waals surface area contributed by atoms with Crippen LogP contribution in [0.1, 0.15) is 62.0 Å². The summed E-state index contributed by atoms with van der Waals surface area (Å²) in [5, 5.41) is 9.53. The maximum absolute atomic E-state index is 13.0. The Morgan fingerprint density at radius 1 is 1.00 bits per heavy atom. The summed E-state index contributed by atoms with van der Waals surface area (Å²) in [5.74, 6) is -0.784. The average Bonchev–Trinajstić information content (AvgIpc) is 3.21. The molecule has 0 saturated carbocycles. The van der Waals surface area contributed by atoms with Crippen molar-refractivity contribution >= 4 is 32.8 Å². The Bertz CT molecular complexity index is 1510. The van der Waals surface area contributed by atoms with Crippen LogP contribution in [-0.4, -0.2) is 24.5 Å². The molecular formula is C27H28N2O5S. The standard InChI is InChI=1S/C27H28N2O5S/c1-16(2)21-12-11-20(15-22(21)26(30)31)35(32,33)29-19-10-13-24-23(14-19)28-25(34-24)17-6-8-18(9-7-17)27(3,4)5/h6-16,29H,1-5H3,(H,30,31).